The zero-order chi connectivity index (χ0) is 8.58. The highest BCUT2D eigenvalue weighted by Gasteiger charge is 2.53. The summed E-state index contributed by atoms with van der Waals surface area (Å²) in [6.45, 7) is 2.74. The molecule has 0 aliphatic heterocycles. The number of rotatable bonds is 2. The highest BCUT2D eigenvalue weighted by atomic mass is 79.9. The van der Waals surface area contributed by atoms with Crippen molar-refractivity contribution in [3.05, 3.63) is 11.6 Å². The maximum Gasteiger partial charge on any atom is 0.353 e. The van der Waals surface area contributed by atoms with Gasteiger partial charge in [0.15, 0.2) is 0 Å². The maximum atomic E-state index is 12.5. The monoisotopic (exact) mass is 256 g/mol. The van der Waals surface area contributed by atoms with Gasteiger partial charge in [-0.25, -0.2) is 4.39 Å². The van der Waals surface area contributed by atoms with Crippen molar-refractivity contribution in [3.8, 4) is 0 Å². The predicted octanol–water partition coefficient (Wildman–Crippen LogP) is 3.63. The summed E-state index contributed by atoms with van der Waals surface area (Å²) in [4.78, 5) is -3.90. The average Bonchev–Trinajstić information content (AvgIpc) is 1.62. The van der Waals surface area contributed by atoms with E-state index in [-0.39, 0.29) is 0 Å². The van der Waals surface area contributed by atoms with Crippen molar-refractivity contribution in [2.24, 2.45) is 0 Å². The molecular weight excluding hydrogens is 256 g/mol. The molecule has 0 bridgehead atoms. The minimum atomic E-state index is -3.90. The number of alkyl halides is 5. The second-order valence-electron chi connectivity index (χ2n) is 1.48. The molecule has 0 aromatic heterocycles. The van der Waals surface area contributed by atoms with Gasteiger partial charge in [0.25, 0.3) is 5.13 Å². The van der Waals surface area contributed by atoms with E-state index in [1.165, 1.54) is 0 Å². The lowest BCUT2D eigenvalue weighted by atomic mass is 10.4. The van der Waals surface area contributed by atoms with E-state index in [0.29, 0.717) is 0 Å². The minimum absolute atomic E-state index is 0.962. The normalized spacial score (nSPS) is 18.2. The SMILES string of the molecule is C=C(Cl)C(F)(Cl)C(F)(F)Br. The average molecular weight is 258 g/mol. The fraction of sp³-hybridized carbons (Fsp3) is 0.500. The van der Waals surface area contributed by atoms with Gasteiger partial charge in [-0.15, -0.1) is 0 Å². The van der Waals surface area contributed by atoms with Crippen LogP contribution in [0.3, 0.4) is 0 Å². The van der Waals surface area contributed by atoms with Crippen LogP contribution in [0.15, 0.2) is 11.6 Å². The van der Waals surface area contributed by atoms with Gasteiger partial charge in [-0.2, -0.15) is 8.78 Å². The first-order valence-corrected chi connectivity index (χ1v) is 3.54. The molecule has 0 aliphatic rings. The first kappa shape index (κ1) is 10.6. The predicted molar refractivity (Wildman–Crippen MR) is 38.6 cm³/mol. The Hall–Kier alpha value is 0.590. The van der Waals surface area contributed by atoms with Gasteiger partial charge in [-0.1, -0.05) is 29.8 Å². The molecule has 0 rings (SSSR count). The fourth-order valence-corrected chi connectivity index (χ4v) is 0.626. The first-order valence-electron chi connectivity index (χ1n) is 1.99. The highest BCUT2D eigenvalue weighted by molar-refractivity contribution is 9.10. The van der Waals surface area contributed by atoms with Crippen molar-refractivity contribution in [1.29, 1.82) is 0 Å². The van der Waals surface area contributed by atoms with Crippen LogP contribution in [0, 0.1) is 0 Å². The van der Waals surface area contributed by atoms with E-state index >= 15 is 0 Å². The zero-order valence-electron chi connectivity index (χ0n) is 4.47. The van der Waals surface area contributed by atoms with Crippen LogP contribution in [-0.2, 0) is 0 Å². The lowest BCUT2D eigenvalue weighted by molar-refractivity contribution is 0.0196. The van der Waals surface area contributed by atoms with E-state index in [9.17, 15) is 13.2 Å². The Morgan fingerprint density at radius 3 is 1.70 bits per heavy atom. The lowest BCUT2D eigenvalue weighted by Gasteiger charge is -2.21. The van der Waals surface area contributed by atoms with Crippen molar-refractivity contribution in [2.75, 3.05) is 0 Å². The van der Waals surface area contributed by atoms with Crippen molar-refractivity contribution in [2.45, 2.75) is 9.96 Å². The van der Waals surface area contributed by atoms with Crippen molar-refractivity contribution in [3.63, 3.8) is 0 Å². The molecule has 0 amide bonds. The van der Waals surface area contributed by atoms with Crippen LogP contribution in [0.4, 0.5) is 13.2 Å². The van der Waals surface area contributed by atoms with Crippen molar-refractivity contribution < 1.29 is 13.2 Å². The molecule has 6 heteroatoms. The van der Waals surface area contributed by atoms with Crippen LogP contribution in [0.25, 0.3) is 0 Å². The van der Waals surface area contributed by atoms with Crippen LogP contribution in [0.1, 0.15) is 0 Å². The summed E-state index contributed by atoms with van der Waals surface area (Å²) in [6.07, 6.45) is 0. The van der Waals surface area contributed by atoms with Gasteiger partial charge in [-0.3, -0.25) is 0 Å². The summed E-state index contributed by atoms with van der Waals surface area (Å²) in [7, 11) is 0. The van der Waals surface area contributed by atoms with Gasteiger partial charge in [0.1, 0.15) is 0 Å². The topological polar surface area (TPSA) is 0 Å². The van der Waals surface area contributed by atoms with Crippen LogP contribution in [0.2, 0.25) is 0 Å². The summed E-state index contributed by atoms with van der Waals surface area (Å²) in [5.74, 6) is 0. The molecule has 10 heavy (non-hydrogen) atoms. The maximum absolute atomic E-state index is 12.5. The third-order valence-electron chi connectivity index (χ3n) is 0.697. The number of hydrogen-bond acceptors (Lipinski definition) is 0. The summed E-state index contributed by atoms with van der Waals surface area (Å²) in [5, 5.41) is -4.40. The molecule has 1 atom stereocenters. The number of hydrogen-bond donors (Lipinski definition) is 0. The van der Waals surface area contributed by atoms with Gasteiger partial charge >= 0.3 is 4.83 Å². The smallest absolute Gasteiger partial charge is 0.212 e. The van der Waals surface area contributed by atoms with Gasteiger partial charge < -0.3 is 0 Å². The molecule has 1 unspecified atom stereocenters. The fourth-order valence-electron chi connectivity index (χ4n) is 0.154. The Morgan fingerprint density at radius 1 is 1.40 bits per heavy atom. The molecule has 0 N–H and O–H groups in total. The van der Waals surface area contributed by atoms with Gasteiger partial charge in [0.2, 0.25) is 0 Å². The molecule has 0 aromatic rings. The Morgan fingerprint density at radius 2 is 1.70 bits per heavy atom. The molecule has 0 saturated heterocycles. The Balaban J connectivity index is 4.57. The van der Waals surface area contributed by atoms with E-state index in [1.54, 1.807) is 15.9 Å². The molecule has 60 valence electrons. The summed E-state index contributed by atoms with van der Waals surface area (Å²) in [6, 6.07) is 0. The number of allylic oxidation sites excluding steroid dienone is 1. The molecule has 0 heterocycles. The van der Waals surface area contributed by atoms with E-state index in [4.69, 9.17) is 11.6 Å². The lowest BCUT2D eigenvalue weighted by Crippen LogP contribution is -2.33. The second kappa shape index (κ2) is 2.91. The van der Waals surface area contributed by atoms with E-state index in [0.717, 1.165) is 0 Å². The van der Waals surface area contributed by atoms with Crippen LogP contribution in [0.5, 0.6) is 0 Å². The quantitative estimate of drug-likeness (QED) is 0.663. The molecule has 0 radical (unpaired) electrons. The summed E-state index contributed by atoms with van der Waals surface area (Å²) in [5.41, 5.74) is 0. The number of halogens is 6. The van der Waals surface area contributed by atoms with Crippen LogP contribution < -0.4 is 0 Å². The molecule has 0 fully saturated rings. The first-order chi connectivity index (χ1) is 4.19. The molecule has 0 saturated carbocycles. The standard InChI is InChI=1S/C4H2BrCl2F3/c1-2(6)3(7,8)4(5,9)10/h1H2. The highest BCUT2D eigenvalue weighted by Crippen LogP contribution is 2.46. The van der Waals surface area contributed by atoms with Crippen molar-refractivity contribution in [1.82, 2.24) is 0 Å². The summed E-state index contributed by atoms with van der Waals surface area (Å²) >= 11 is 11.2. The third kappa shape index (κ3) is 2.04. The van der Waals surface area contributed by atoms with Crippen molar-refractivity contribution >= 4 is 39.1 Å². The Labute approximate surface area is 74.1 Å². The molecule has 0 aromatic carbocycles. The molecule has 0 aliphatic carbocycles. The van der Waals surface area contributed by atoms with Gasteiger partial charge in [0, 0.05) is 0 Å². The third-order valence-corrected chi connectivity index (χ3v) is 2.29. The largest absolute Gasteiger partial charge is 0.353 e. The van der Waals surface area contributed by atoms with E-state index in [1.807, 2.05) is 0 Å². The van der Waals surface area contributed by atoms with E-state index < -0.39 is 15.0 Å². The molecular formula is C4H2BrCl2F3. The van der Waals surface area contributed by atoms with Gasteiger partial charge in [-0.05, 0) is 15.9 Å². The molecule has 0 nitrogen and oxygen atoms in total. The van der Waals surface area contributed by atoms with Gasteiger partial charge in [0.05, 0.1) is 5.03 Å². The molecule has 0 spiro atoms. The Kier molecular flexibility index (Phi) is 3.08. The van der Waals surface area contributed by atoms with Crippen LogP contribution >= 0.6 is 39.1 Å². The van der Waals surface area contributed by atoms with E-state index in [2.05, 4.69) is 18.2 Å². The summed E-state index contributed by atoms with van der Waals surface area (Å²) < 4.78 is 36.5. The minimum Gasteiger partial charge on any atom is -0.212 e. The zero-order valence-corrected chi connectivity index (χ0v) is 7.57. The van der Waals surface area contributed by atoms with Crippen LogP contribution in [-0.4, -0.2) is 9.96 Å². The second-order valence-corrected chi connectivity index (χ2v) is 3.45. The Bertz CT molecular complexity index is 151.